The zero-order chi connectivity index (χ0) is 35.5. The molecule has 0 rings (SSSR count). The monoisotopic (exact) mass is 689 g/mol. The van der Waals surface area contributed by atoms with Crippen molar-refractivity contribution in [3.05, 3.63) is 0 Å². The molecule has 16 heteroatoms. The predicted octanol–water partition coefficient (Wildman–Crippen LogP) is -1.69. The predicted molar refractivity (Wildman–Crippen MR) is 183 cm³/mol. The van der Waals surface area contributed by atoms with Crippen LogP contribution in [-0.2, 0) is 42.9 Å². The smallest absolute Gasteiger partial charge is 0.240 e. The van der Waals surface area contributed by atoms with E-state index < -0.39 is 11.9 Å². The lowest BCUT2D eigenvalue weighted by Gasteiger charge is -2.26. The molecule has 1 unspecified atom stereocenters. The molecule has 0 aromatic rings. The molecule has 0 bridgehead atoms. The molecule has 0 aromatic carbocycles. The van der Waals surface area contributed by atoms with Gasteiger partial charge in [0.15, 0.2) is 0 Å². The average Bonchev–Trinajstić information content (AvgIpc) is 3.07. The number of aldehydes is 2. The van der Waals surface area contributed by atoms with Crippen LogP contribution in [0.25, 0.3) is 0 Å². The topological polar surface area (TPSA) is 203 Å². The standard InChI is InChI=1S/C32H63N7O9/c1-3-38(15-13-34-11-12-35-14-19-41)16-17-39(4-2)28-31(43)37-29(32(33)44)8-5-6-10-36-30(42)9-21-46-23-25-48-27-26-47-24-22-45-20-7-18-40/h18-19,29,34-35H,3-17,20-28H2,1-2H3,(H2,33,44)(H,36,42)(H,37,43). The van der Waals surface area contributed by atoms with E-state index in [1.54, 1.807) is 0 Å². The normalized spacial score (nSPS) is 11.9. The zero-order valence-corrected chi connectivity index (χ0v) is 29.3. The van der Waals surface area contributed by atoms with Gasteiger partial charge >= 0.3 is 0 Å². The molecule has 0 aromatic heterocycles. The SMILES string of the molecule is CCN(CCNCCNCC=O)CCN(CC)CC(=O)NC(CCCCNC(=O)CCOCCOCCOCCOCCC=O)C(N)=O. The summed E-state index contributed by atoms with van der Waals surface area (Å²) in [5, 5.41) is 12.0. The Kier molecular flexibility index (Phi) is 32.5. The van der Waals surface area contributed by atoms with Crippen LogP contribution in [0.2, 0.25) is 0 Å². The van der Waals surface area contributed by atoms with Gasteiger partial charge in [0, 0.05) is 58.7 Å². The van der Waals surface area contributed by atoms with Gasteiger partial charge in [-0.1, -0.05) is 13.8 Å². The van der Waals surface area contributed by atoms with E-state index in [0.29, 0.717) is 91.6 Å². The van der Waals surface area contributed by atoms with Crippen molar-refractivity contribution in [2.24, 2.45) is 5.73 Å². The summed E-state index contributed by atoms with van der Waals surface area (Å²) in [6, 6.07) is -0.762. The maximum atomic E-state index is 12.7. The van der Waals surface area contributed by atoms with Gasteiger partial charge in [-0.25, -0.2) is 0 Å². The van der Waals surface area contributed by atoms with E-state index in [2.05, 4.69) is 33.1 Å². The Morgan fingerprint density at radius 2 is 1.29 bits per heavy atom. The van der Waals surface area contributed by atoms with Crippen molar-refractivity contribution in [3.63, 3.8) is 0 Å². The lowest BCUT2D eigenvalue weighted by Crippen LogP contribution is -2.49. The number of nitrogens with one attached hydrogen (secondary N) is 4. The summed E-state index contributed by atoms with van der Waals surface area (Å²) in [6.45, 7) is 14.7. The molecule has 0 aliphatic carbocycles. The summed E-state index contributed by atoms with van der Waals surface area (Å²) < 4.78 is 21.4. The Bertz CT molecular complexity index is 827. The molecule has 0 saturated carbocycles. The van der Waals surface area contributed by atoms with E-state index in [9.17, 15) is 24.0 Å². The van der Waals surface area contributed by atoms with Gasteiger partial charge in [0.2, 0.25) is 17.7 Å². The van der Waals surface area contributed by atoms with Crippen LogP contribution in [0.3, 0.4) is 0 Å². The van der Waals surface area contributed by atoms with E-state index in [1.807, 2.05) is 11.8 Å². The first-order valence-corrected chi connectivity index (χ1v) is 17.3. The Balaban J connectivity index is 3.97. The lowest BCUT2D eigenvalue weighted by atomic mass is 10.1. The average molecular weight is 690 g/mol. The second-order valence-corrected chi connectivity index (χ2v) is 10.9. The summed E-state index contributed by atoms with van der Waals surface area (Å²) >= 11 is 0. The van der Waals surface area contributed by atoms with E-state index in [-0.39, 0.29) is 31.4 Å². The third kappa shape index (κ3) is 29.6. The molecular formula is C32H63N7O9. The zero-order valence-electron chi connectivity index (χ0n) is 29.3. The fourth-order valence-corrected chi connectivity index (χ4v) is 4.34. The first kappa shape index (κ1) is 45.4. The largest absolute Gasteiger partial charge is 0.379 e. The molecule has 6 N–H and O–H groups in total. The van der Waals surface area contributed by atoms with Gasteiger partial charge in [0.05, 0.1) is 65.9 Å². The van der Waals surface area contributed by atoms with Crippen LogP contribution in [-0.4, -0.2) is 171 Å². The molecule has 0 heterocycles. The summed E-state index contributed by atoms with van der Waals surface area (Å²) in [5.74, 6) is -0.943. The van der Waals surface area contributed by atoms with Crippen molar-refractivity contribution in [3.8, 4) is 0 Å². The number of nitrogens with zero attached hydrogens (tertiary/aromatic N) is 2. The summed E-state index contributed by atoms with van der Waals surface area (Å²) in [7, 11) is 0. The number of rotatable bonds is 37. The summed E-state index contributed by atoms with van der Waals surface area (Å²) in [6.07, 6.45) is 3.93. The highest BCUT2D eigenvalue weighted by molar-refractivity contribution is 5.87. The Labute approximate surface area is 286 Å². The van der Waals surface area contributed by atoms with Crippen molar-refractivity contribution in [2.75, 3.05) is 125 Å². The fraction of sp³-hybridized carbons (Fsp3) is 0.844. The molecule has 0 aliphatic rings. The third-order valence-electron chi connectivity index (χ3n) is 7.20. The van der Waals surface area contributed by atoms with Crippen LogP contribution < -0.4 is 27.0 Å². The van der Waals surface area contributed by atoms with Crippen molar-refractivity contribution >= 4 is 30.3 Å². The molecule has 1 atom stereocenters. The lowest BCUT2D eigenvalue weighted by molar-refractivity contribution is -0.128. The molecule has 0 fully saturated rings. The second kappa shape index (κ2) is 34.3. The number of hydrogen-bond donors (Lipinski definition) is 5. The number of primary amides is 1. The van der Waals surface area contributed by atoms with Crippen molar-refractivity contribution in [1.82, 2.24) is 31.1 Å². The van der Waals surface area contributed by atoms with Crippen LogP contribution in [0.4, 0.5) is 0 Å². The Morgan fingerprint density at radius 1 is 0.688 bits per heavy atom. The molecule has 0 spiro atoms. The summed E-state index contributed by atoms with van der Waals surface area (Å²) in [5.41, 5.74) is 5.55. The second-order valence-electron chi connectivity index (χ2n) is 10.9. The highest BCUT2D eigenvalue weighted by Gasteiger charge is 2.19. The minimum Gasteiger partial charge on any atom is -0.379 e. The molecular weight excluding hydrogens is 626 g/mol. The van der Waals surface area contributed by atoms with Gasteiger partial charge in [-0.2, -0.15) is 0 Å². The molecule has 0 saturated heterocycles. The van der Waals surface area contributed by atoms with E-state index >= 15 is 0 Å². The van der Waals surface area contributed by atoms with E-state index in [0.717, 1.165) is 58.4 Å². The van der Waals surface area contributed by atoms with Gasteiger partial charge in [0.1, 0.15) is 18.6 Å². The molecule has 0 radical (unpaired) electrons. The molecule has 280 valence electrons. The van der Waals surface area contributed by atoms with Crippen molar-refractivity contribution in [1.29, 1.82) is 0 Å². The van der Waals surface area contributed by atoms with Crippen molar-refractivity contribution < 1.29 is 42.9 Å². The van der Waals surface area contributed by atoms with E-state index in [1.165, 1.54) is 0 Å². The maximum absolute atomic E-state index is 12.7. The van der Waals surface area contributed by atoms with Gasteiger partial charge in [-0.3, -0.25) is 19.3 Å². The van der Waals surface area contributed by atoms with Gasteiger partial charge < -0.3 is 60.4 Å². The van der Waals surface area contributed by atoms with Crippen LogP contribution in [0.5, 0.6) is 0 Å². The van der Waals surface area contributed by atoms with Crippen molar-refractivity contribution in [2.45, 2.75) is 52.0 Å². The van der Waals surface area contributed by atoms with Crippen LogP contribution in [0.1, 0.15) is 46.0 Å². The maximum Gasteiger partial charge on any atom is 0.240 e. The number of amides is 3. The van der Waals surface area contributed by atoms with E-state index in [4.69, 9.17) is 24.7 Å². The van der Waals surface area contributed by atoms with Crippen LogP contribution >= 0.6 is 0 Å². The molecule has 0 aliphatic heterocycles. The fourth-order valence-electron chi connectivity index (χ4n) is 4.34. The highest BCUT2D eigenvalue weighted by Crippen LogP contribution is 2.02. The number of unbranched alkanes of at least 4 members (excludes halogenated alkanes) is 1. The number of likely N-dealkylation sites (N-methyl/N-ethyl adjacent to an activating group) is 2. The number of nitrogens with two attached hydrogens (primary N) is 1. The number of ether oxygens (including phenoxy) is 4. The molecule has 16 nitrogen and oxygen atoms in total. The quantitative estimate of drug-likeness (QED) is 0.0366. The van der Waals surface area contributed by atoms with Gasteiger partial charge in [0.25, 0.3) is 0 Å². The number of carbonyl (C=O) groups is 5. The Hall–Kier alpha value is -2.57. The van der Waals surface area contributed by atoms with Crippen LogP contribution in [0.15, 0.2) is 0 Å². The molecule has 3 amide bonds. The number of carbonyl (C=O) groups excluding carboxylic acids is 5. The van der Waals surface area contributed by atoms with Gasteiger partial charge in [-0.15, -0.1) is 0 Å². The first-order chi connectivity index (χ1) is 23.4. The van der Waals surface area contributed by atoms with Gasteiger partial charge in [-0.05, 0) is 32.4 Å². The first-order valence-electron chi connectivity index (χ1n) is 17.3. The highest BCUT2D eigenvalue weighted by atomic mass is 16.6. The third-order valence-corrected chi connectivity index (χ3v) is 7.20. The number of hydrogen-bond acceptors (Lipinski definition) is 13. The summed E-state index contributed by atoms with van der Waals surface area (Å²) in [4.78, 5) is 61.6. The minimum atomic E-state index is -0.762. The Morgan fingerprint density at radius 3 is 1.90 bits per heavy atom. The minimum absolute atomic E-state index is 0.125. The van der Waals surface area contributed by atoms with Crippen LogP contribution in [0, 0.1) is 0 Å². The molecule has 48 heavy (non-hydrogen) atoms.